The smallest absolute Gasteiger partial charge is 0.350 e. The van der Waals surface area contributed by atoms with Gasteiger partial charge in [-0.15, -0.1) is 0 Å². The third-order valence-corrected chi connectivity index (χ3v) is 2.95. The lowest BCUT2D eigenvalue weighted by Crippen LogP contribution is -2.39. The van der Waals surface area contributed by atoms with Gasteiger partial charge in [0.25, 0.3) is 0 Å². The quantitative estimate of drug-likeness (QED) is 0.516. The first-order chi connectivity index (χ1) is 9.11. The maximum absolute atomic E-state index is 11.7. The van der Waals surface area contributed by atoms with Gasteiger partial charge in [-0.1, -0.05) is 36.4 Å². The molecule has 0 saturated heterocycles. The van der Waals surface area contributed by atoms with Gasteiger partial charge in [-0.2, -0.15) is 0 Å². The Balaban J connectivity index is 2.51. The Bertz CT molecular complexity index is 620. The molecule has 0 spiro atoms. The number of hydrogen-bond acceptors (Lipinski definition) is 4. The fourth-order valence-corrected chi connectivity index (χ4v) is 1.90. The zero-order valence-corrected chi connectivity index (χ0v) is 10.5. The number of ether oxygens (including phenoxy) is 1. The normalized spacial score (nSPS) is 13.8. The number of carbonyl (C=O) groups is 2. The zero-order chi connectivity index (χ0) is 13.9. The second-order valence-corrected chi connectivity index (χ2v) is 4.17. The fourth-order valence-electron chi connectivity index (χ4n) is 1.90. The van der Waals surface area contributed by atoms with Crippen LogP contribution in [-0.2, 0) is 19.9 Å². The van der Waals surface area contributed by atoms with E-state index in [9.17, 15) is 14.7 Å². The summed E-state index contributed by atoms with van der Waals surface area (Å²) in [5.74, 6) is -0.958. The summed E-state index contributed by atoms with van der Waals surface area (Å²) in [7, 11) is 0. The Hall–Kier alpha value is -2.20. The predicted molar refractivity (Wildman–Crippen MR) is 70.5 cm³/mol. The van der Waals surface area contributed by atoms with Gasteiger partial charge in [-0.25, -0.2) is 4.79 Å². The van der Waals surface area contributed by atoms with Crippen molar-refractivity contribution in [1.82, 2.24) is 0 Å². The van der Waals surface area contributed by atoms with E-state index in [1.165, 1.54) is 0 Å². The molecule has 2 rings (SSSR count). The van der Waals surface area contributed by atoms with Crippen LogP contribution < -0.4 is 0 Å². The molecule has 4 heteroatoms. The molecule has 2 aromatic rings. The molecule has 2 aromatic carbocycles. The van der Waals surface area contributed by atoms with Crippen molar-refractivity contribution in [3.8, 4) is 0 Å². The number of fused-ring (bicyclic) bond motifs is 1. The molecule has 0 aliphatic rings. The van der Waals surface area contributed by atoms with Crippen molar-refractivity contribution >= 4 is 23.0 Å². The Morgan fingerprint density at radius 3 is 2.58 bits per heavy atom. The van der Waals surface area contributed by atoms with Crippen molar-refractivity contribution in [1.29, 1.82) is 0 Å². The number of esters is 1. The Morgan fingerprint density at radius 2 is 1.95 bits per heavy atom. The molecule has 0 fully saturated rings. The molecule has 0 aliphatic carbocycles. The first-order valence-corrected chi connectivity index (χ1v) is 5.97. The predicted octanol–water partition coefficient (Wildman–Crippen LogP) is 1.79. The average molecular weight is 258 g/mol. The molecule has 0 aliphatic heterocycles. The van der Waals surface area contributed by atoms with Crippen molar-refractivity contribution in [3.05, 3.63) is 48.0 Å². The zero-order valence-electron chi connectivity index (χ0n) is 10.5. The molecule has 98 valence electrons. The molecule has 0 aromatic heterocycles. The van der Waals surface area contributed by atoms with Crippen LogP contribution in [0.15, 0.2) is 42.5 Å². The van der Waals surface area contributed by atoms with Gasteiger partial charge in [-0.05, 0) is 23.8 Å². The van der Waals surface area contributed by atoms with Gasteiger partial charge < -0.3 is 9.84 Å². The monoisotopic (exact) mass is 258 g/mol. The molecule has 4 nitrogen and oxygen atoms in total. The molecule has 0 saturated carbocycles. The second-order valence-electron chi connectivity index (χ2n) is 4.17. The number of carbonyl (C=O) groups excluding carboxylic acids is 2. The van der Waals surface area contributed by atoms with Crippen LogP contribution in [0.4, 0.5) is 0 Å². The summed E-state index contributed by atoms with van der Waals surface area (Å²) >= 11 is 0. The van der Waals surface area contributed by atoms with Gasteiger partial charge in [0, 0.05) is 5.56 Å². The van der Waals surface area contributed by atoms with Crippen molar-refractivity contribution in [2.45, 2.75) is 12.5 Å². The Labute approximate surface area is 110 Å². The van der Waals surface area contributed by atoms with Gasteiger partial charge in [0.15, 0.2) is 6.29 Å². The first-order valence-electron chi connectivity index (χ1n) is 5.97. The molecule has 0 amide bonds. The van der Waals surface area contributed by atoms with Crippen LogP contribution >= 0.6 is 0 Å². The van der Waals surface area contributed by atoms with Gasteiger partial charge in [-0.3, -0.25) is 4.79 Å². The van der Waals surface area contributed by atoms with E-state index >= 15 is 0 Å². The van der Waals surface area contributed by atoms with E-state index < -0.39 is 11.6 Å². The molecule has 0 radical (unpaired) electrons. The summed E-state index contributed by atoms with van der Waals surface area (Å²) in [6, 6.07) is 12.4. The molecule has 1 atom stereocenters. The Morgan fingerprint density at radius 1 is 1.26 bits per heavy atom. The van der Waals surface area contributed by atoms with Crippen molar-refractivity contribution in [3.63, 3.8) is 0 Å². The van der Waals surface area contributed by atoms with Crippen LogP contribution in [-0.4, -0.2) is 24.0 Å². The maximum atomic E-state index is 11.7. The summed E-state index contributed by atoms with van der Waals surface area (Å²) in [6.45, 7) is 1.71. The van der Waals surface area contributed by atoms with E-state index in [-0.39, 0.29) is 18.5 Å². The van der Waals surface area contributed by atoms with Gasteiger partial charge in [0.05, 0.1) is 6.61 Å². The van der Waals surface area contributed by atoms with Crippen LogP contribution in [0.25, 0.3) is 10.8 Å². The van der Waals surface area contributed by atoms with E-state index in [4.69, 9.17) is 4.74 Å². The van der Waals surface area contributed by atoms with Crippen molar-refractivity contribution in [2.24, 2.45) is 0 Å². The largest absolute Gasteiger partial charge is 0.463 e. The van der Waals surface area contributed by atoms with E-state index in [0.29, 0.717) is 0 Å². The Kier molecular flexibility index (Phi) is 3.62. The minimum absolute atomic E-state index is 0.0998. The van der Waals surface area contributed by atoms with E-state index in [1.54, 1.807) is 25.1 Å². The molecule has 0 unspecified atom stereocenters. The number of hydrogen-bond donors (Lipinski definition) is 1. The SMILES string of the molecule is CCOC(=O)[C@](O)(C=O)c1ccc2ccccc2c1. The molecular weight excluding hydrogens is 244 g/mol. The highest BCUT2D eigenvalue weighted by Crippen LogP contribution is 2.25. The van der Waals surface area contributed by atoms with E-state index in [0.717, 1.165) is 10.8 Å². The molecule has 0 bridgehead atoms. The first kappa shape index (κ1) is 13.2. The van der Waals surface area contributed by atoms with E-state index in [1.807, 2.05) is 24.3 Å². The minimum atomic E-state index is -2.25. The second kappa shape index (κ2) is 5.20. The lowest BCUT2D eigenvalue weighted by atomic mass is 9.93. The summed E-state index contributed by atoms with van der Waals surface area (Å²) < 4.78 is 4.74. The molecular formula is C15H14O4. The van der Waals surface area contributed by atoms with Gasteiger partial charge >= 0.3 is 5.97 Å². The van der Waals surface area contributed by atoms with Crippen LogP contribution in [0.1, 0.15) is 12.5 Å². The van der Waals surface area contributed by atoms with Crippen molar-refractivity contribution in [2.75, 3.05) is 6.61 Å². The topological polar surface area (TPSA) is 63.6 Å². The summed E-state index contributed by atoms with van der Waals surface area (Å²) in [4.78, 5) is 22.9. The van der Waals surface area contributed by atoms with Crippen molar-refractivity contribution < 1.29 is 19.4 Å². The lowest BCUT2D eigenvalue weighted by molar-refractivity contribution is -0.167. The van der Waals surface area contributed by atoms with Gasteiger partial charge in [0.1, 0.15) is 0 Å². The summed E-state index contributed by atoms with van der Waals surface area (Å²) in [5.41, 5.74) is -2.04. The standard InChI is InChI=1S/C15H14O4/c1-2-19-14(17)15(18,10-16)13-8-7-11-5-3-4-6-12(11)9-13/h3-10,18H,2H2,1H3/t15-/m0/s1. The van der Waals surface area contributed by atoms with Crippen LogP contribution in [0.5, 0.6) is 0 Å². The van der Waals surface area contributed by atoms with Crippen LogP contribution in [0.2, 0.25) is 0 Å². The van der Waals surface area contributed by atoms with E-state index in [2.05, 4.69) is 0 Å². The third kappa shape index (κ3) is 2.35. The lowest BCUT2D eigenvalue weighted by Gasteiger charge is -2.20. The number of rotatable bonds is 4. The highest BCUT2D eigenvalue weighted by Gasteiger charge is 2.39. The average Bonchev–Trinajstić information content (AvgIpc) is 2.46. The maximum Gasteiger partial charge on any atom is 0.350 e. The summed E-state index contributed by atoms with van der Waals surface area (Å²) in [6.07, 6.45) is 0.203. The number of aldehydes is 1. The van der Waals surface area contributed by atoms with Crippen LogP contribution in [0.3, 0.4) is 0 Å². The highest BCUT2D eigenvalue weighted by molar-refractivity contribution is 5.99. The van der Waals surface area contributed by atoms with Crippen LogP contribution in [0, 0.1) is 0 Å². The highest BCUT2D eigenvalue weighted by atomic mass is 16.5. The van der Waals surface area contributed by atoms with Gasteiger partial charge in [0.2, 0.25) is 5.60 Å². The third-order valence-electron chi connectivity index (χ3n) is 2.95. The molecule has 19 heavy (non-hydrogen) atoms. The molecule has 0 heterocycles. The minimum Gasteiger partial charge on any atom is -0.463 e. The summed E-state index contributed by atoms with van der Waals surface area (Å²) in [5, 5.41) is 12.0. The molecule has 1 N–H and O–H groups in total. The number of aliphatic hydroxyl groups is 1. The fraction of sp³-hybridized carbons (Fsp3) is 0.200. The number of benzene rings is 2.